The van der Waals surface area contributed by atoms with Gasteiger partial charge in [0.25, 0.3) is 0 Å². The van der Waals surface area contributed by atoms with Gasteiger partial charge in [-0.15, -0.1) is 0 Å². The van der Waals surface area contributed by atoms with Gasteiger partial charge in [-0.25, -0.2) is 13.2 Å². The summed E-state index contributed by atoms with van der Waals surface area (Å²) < 4.78 is 31.7. The second-order valence-electron chi connectivity index (χ2n) is 7.46. The fourth-order valence-corrected chi connectivity index (χ4v) is 4.45. The second kappa shape index (κ2) is 8.16. The predicted molar refractivity (Wildman–Crippen MR) is 99.7 cm³/mol. The Morgan fingerprint density at radius 1 is 1.25 bits per heavy atom. The first-order valence-corrected chi connectivity index (χ1v) is 10.2. The number of nitrogens with zero attached hydrogens (tertiary/aromatic N) is 3. The highest BCUT2D eigenvalue weighted by molar-refractivity contribution is 7.88. The number of carbonyl (C=O) groups is 2. The molecular formula is C18H23N3O6S. The lowest BCUT2D eigenvalue weighted by molar-refractivity contribution is -0.143. The van der Waals surface area contributed by atoms with Crippen molar-refractivity contribution in [1.82, 2.24) is 9.21 Å². The molecule has 1 saturated heterocycles. The molecule has 1 unspecified atom stereocenters. The number of ether oxygens (including phenoxy) is 1. The number of sulfonamides is 1. The van der Waals surface area contributed by atoms with Gasteiger partial charge < -0.3 is 14.7 Å². The van der Waals surface area contributed by atoms with Crippen LogP contribution in [0.4, 0.5) is 4.79 Å². The summed E-state index contributed by atoms with van der Waals surface area (Å²) in [7, 11) is -3.94. The molecule has 1 N–H and O–H groups in total. The molecule has 1 aliphatic rings. The molecule has 1 atom stereocenters. The summed E-state index contributed by atoms with van der Waals surface area (Å²) in [6, 6.07) is 6.58. The molecule has 9 nitrogen and oxygen atoms in total. The summed E-state index contributed by atoms with van der Waals surface area (Å²) in [5.41, 5.74) is 0.0995. The topological polar surface area (TPSA) is 128 Å². The number of nitriles is 1. The normalized spacial score (nSPS) is 18.4. The Bertz CT molecular complexity index is 883. The van der Waals surface area contributed by atoms with Gasteiger partial charge in [0.1, 0.15) is 11.6 Å². The Hall–Kier alpha value is -2.64. The van der Waals surface area contributed by atoms with E-state index in [2.05, 4.69) is 0 Å². The van der Waals surface area contributed by atoms with E-state index in [0.29, 0.717) is 11.1 Å². The van der Waals surface area contributed by atoms with Gasteiger partial charge in [0.15, 0.2) is 0 Å². The number of benzene rings is 1. The molecule has 0 bridgehead atoms. The Kier molecular flexibility index (Phi) is 6.31. The van der Waals surface area contributed by atoms with Crippen molar-refractivity contribution in [2.24, 2.45) is 0 Å². The number of hydrogen-bond acceptors (Lipinski definition) is 6. The minimum Gasteiger partial charge on any atom is -0.480 e. The van der Waals surface area contributed by atoms with Gasteiger partial charge in [-0.1, -0.05) is 12.1 Å². The molecule has 2 rings (SSSR count). The number of carboxylic acids is 1. The Morgan fingerprint density at radius 2 is 1.86 bits per heavy atom. The Balaban J connectivity index is 2.16. The van der Waals surface area contributed by atoms with Crippen molar-refractivity contribution in [2.45, 2.75) is 38.2 Å². The summed E-state index contributed by atoms with van der Waals surface area (Å²) in [6.45, 7) is 4.67. The average Bonchev–Trinajstić information content (AvgIpc) is 2.60. The molecule has 1 aromatic rings. The molecule has 1 aromatic carbocycles. The Labute approximate surface area is 164 Å². The zero-order chi connectivity index (χ0) is 21.1. The second-order valence-corrected chi connectivity index (χ2v) is 9.38. The first-order valence-electron chi connectivity index (χ1n) is 8.62. The standard InChI is InChI=1S/C18H23N3O6S/c1-18(2,3)27-17(24)20-8-9-21(15(11-20)16(22)23)28(25,26)12-14-6-4-13(10-19)5-7-14/h4-7,15H,8-9,11-12H2,1-3H3,(H,22,23). The van der Waals surface area contributed by atoms with Crippen molar-refractivity contribution >= 4 is 22.1 Å². The van der Waals surface area contributed by atoms with Crippen LogP contribution in [0.2, 0.25) is 0 Å². The fourth-order valence-electron chi connectivity index (χ4n) is 2.76. The smallest absolute Gasteiger partial charge is 0.410 e. The predicted octanol–water partition coefficient (Wildman–Crippen LogP) is 1.39. The molecular weight excluding hydrogens is 386 g/mol. The van der Waals surface area contributed by atoms with Crippen LogP contribution < -0.4 is 0 Å². The molecule has 0 saturated carbocycles. The van der Waals surface area contributed by atoms with Gasteiger partial charge >= 0.3 is 12.1 Å². The van der Waals surface area contributed by atoms with Crippen molar-refractivity contribution in [2.75, 3.05) is 19.6 Å². The van der Waals surface area contributed by atoms with Crippen LogP contribution in [0.15, 0.2) is 24.3 Å². The van der Waals surface area contributed by atoms with Crippen molar-refractivity contribution < 1.29 is 27.9 Å². The summed E-state index contributed by atoms with van der Waals surface area (Å²) in [5.74, 6) is -1.73. The van der Waals surface area contributed by atoms with Gasteiger partial charge in [0, 0.05) is 13.1 Å². The van der Waals surface area contributed by atoms with Crippen molar-refractivity contribution in [3.05, 3.63) is 35.4 Å². The van der Waals surface area contributed by atoms with E-state index in [9.17, 15) is 23.1 Å². The number of amides is 1. The minimum atomic E-state index is -3.94. The van der Waals surface area contributed by atoms with Gasteiger partial charge in [-0.05, 0) is 38.5 Å². The van der Waals surface area contributed by atoms with E-state index in [1.165, 1.54) is 29.2 Å². The summed E-state index contributed by atoms with van der Waals surface area (Å²) >= 11 is 0. The average molecular weight is 409 g/mol. The number of carbonyl (C=O) groups excluding carboxylic acids is 1. The zero-order valence-electron chi connectivity index (χ0n) is 16.0. The van der Waals surface area contributed by atoms with Crippen molar-refractivity contribution in [3.8, 4) is 6.07 Å². The molecule has 1 aliphatic heterocycles. The van der Waals surface area contributed by atoms with Crippen molar-refractivity contribution in [1.29, 1.82) is 5.26 Å². The highest BCUT2D eigenvalue weighted by Gasteiger charge is 2.41. The van der Waals surface area contributed by atoms with Gasteiger partial charge in [-0.3, -0.25) is 4.79 Å². The Morgan fingerprint density at radius 3 is 2.36 bits per heavy atom. The van der Waals surface area contributed by atoms with E-state index >= 15 is 0 Å². The van der Waals surface area contributed by atoms with E-state index in [1.54, 1.807) is 20.8 Å². The molecule has 0 spiro atoms. The van der Waals surface area contributed by atoms with E-state index in [4.69, 9.17) is 10.00 Å². The fraction of sp³-hybridized carbons (Fsp3) is 0.500. The van der Waals surface area contributed by atoms with Crippen LogP contribution in [0.3, 0.4) is 0 Å². The SMILES string of the molecule is CC(C)(C)OC(=O)N1CCN(S(=O)(=O)Cc2ccc(C#N)cc2)C(C(=O)O)C1. The maximum absolute atomic E-state index is 12.8. The lowest BCUT2D eigenvalue weighted by atomic mass is 10.2. The van der Waals surface area contributed by atoms with Crippen LogP contribution in [0.25, 0.3) is 0 Å². The number of carboxylic acid groups (broad SMARTS) is 1. The molecule has 0 radical (unpaired) electrons. The van der Waals surface area contributed by atoms with Crippen LogP contribution in [0.1, 0.15) is 31.9 Å². The maximum atomic E-state index is 12.8. The van der Waals surface area contributed by atoms with Crippen molar-refractivity contribution in [3.63, 3.8) is 0 Å². The monoisotopic (exact) mass is 409 g/mol. The molecule has 1 fully saturated rings. The van der Waals surface area contributed by atoms with Crippen LogP contribution in [0, 0.1) is 11.3 Å². The first kappa shape index (κ1) is 21.7. The van der Waals surface area contributed by atoms with E-state index in [1.807, 2.05) is 6.07 Å². The van der Waals surface area contributed by atoms with Gasteiger partial charge in [-0.2, -0.15) is 9.57 Å². The molecule has 1 amide bonds. The third kappa shape index (κ3) is 5.43. The van der Waals surface area contributed by atoms with Gasteiger partial charge in [0.2, 0.25) is 10.0 Å². The number of aliphatic carboxylic acids is 1. The van der Waals surface area contributed by atoms with E-state index < -0.39 is 39.5 Å². The first-order chi connectivity index (χ1) is 12.9. The highest BCUT2D eigenvalue weighted by atomic mass is 32.2. The third-order valence-corrected chi connectivity index (χ3v) is 5.91. The van der Waals surface area contributed by atoms with Crippen LogP contribution >= 0.6 is 0 Å². The number of rotatable bonds is 4. The van der Waals surface area contributed by atoms with Crippen LogP contribution in [-0.4, -0.2) is 66.1 Å². The molecule has 0 aliphatic carbocycles. The summed E-state index contributed by atoms with van der Waals surface area (Å²) in [6.07, 6.45) is -0.678. The lowest BCUT2D eigenvalue weighted by Crippen LogP contribution is -2.59. The van der Waals surface area contributed by atoms with Crippen LogP contribution in [-0.2, 0) is 25.3 Å². The van der Waals surface area contributed by atoms with Gasteiger partial charge in [0.05, 0.1) is 23.9 Å². The maximum Gasteiger partial charge on any atom is 0.410 e. The van der Waals surface area contributed by atoms with E-state index in [-0.39, 0.29) is 19.6 Å². The summed E-state index contributed by atoms with van der Waals surface area (Å²) in [5, 5.41) is 18.3. The highest BCUT2D eigenvalue weighted by Crippen LogP contribution is 2.21. The van der Waals surface area contributed by atoms with Crippen LogP contribution in [0.5, 0.6) is 0 Å². The molecule has 152 valence electrons. The molecule has 1 heterocycles. The molecule has 10 heteroatoms. The zero-order valence-corrected chi connectivity index (χ0v) is 16.8. The largest absolute Gasteiger partial charge is 0.480 e. The number of piperazine rings is 1. The van der Waals surface area contributed by atoms with E-state index in [0.717, 1.165) is 4.31 Å². The minimum absolute atomic E-state index is 0.0330. The third-order valence-electron chi connectivity index (χ3n) is 4.06. The lowest BCUT2D eigenvalue weighted by Gasteiger charge is -2.38. The summed E-state index contributed by atoms with van der Waals surface area (Å²) in [4.78, 5) is 25.1. The number of hydrogen-bond donors (Lipinski definition) is 1. The molecule has 0 aromatic heterocycles. The molecule has 28 heavy (non-hydrogen) atoms. The quantitative estimate of drug-likeness (QED) is 0.796.